The van der Waals surface area contributed by atoms with Gasteiger partial charge >= 0.3 is 0 Å². The number of rotatable bonds is 7. The first-order valence-electron chi connectivity index (χ1n) is 7.07. The van der Waals surface area contributed by atoms with Gasteiger partial charge in [0.25, 0.3) is 0 Å². The zero-order valence-corrected chi connectivity index (χ0v) is 11.3. The lowest BCUT2D eigenvalue weighted by Gasteiger charge is -2.34. The number of hydrogen-bond acceptors (Lipinski definition) is 2. The van der Waals surface area contributed by atoms with E-state index in [1.807, 2.05) is 7.11 Å². The van der Waals surface area contributed by atoms with Gasteiger partial charge < -0.3 is 10.1 Å². The van der Waals surface area contributed by atoms with E-state index in [4.69, 9.17) is 4.74 Å². The first-order chi connectivity index (χ1) is 7.81. The summed E-state index contributed by atoms with van der Waals surface area (Å²) in [6.07, 6.45) is 9.62. The Morgan fingerprint density at radius 3 is 2.31 bits per heavy atom. The highest BCUT2D eigenvalue weighted by atomic mass is 16.5. The number of hydrogen-bond donors (Lipinski definition) is 1. The summed E-state index contributed by atoms with van der Waals surface area (Å²) >= 11 is 0. The molecule has 0 spiro atoms. The maximum atomic E-state index is 5.44. The Kier molecular flexibility index (Phi) is 7.06. The molecule has 96 valence electrons. The largest absolute Gasteiger partial charge is 0.381 e. The molecule has 1 fully saturated rings. The molecule has 1 saturated carbocycles. The van der Waals surface area contributed by atoms with E-state index in [9.17, 15) is 0 Å². The van der Waals surface area contributed by atoms with Gasteiger partial charge in [0.2, 0.25) is 0 Å². The van der Waals surface area contributed by atoms with Gasteiger partial charge in [-0.15, -0.1) is 0 Å². The molecule has 2 heteroatoms. The van der Waals surface area contributed by atoms with Crippen LogP contribution in [0, 0.1) is 5.92 Å². The lowest BCUT2D eigenvalue weighted by Crippen LogP contribution is -2.39. The second-order valence-electron chi connectivity index (χ2n) is 5.12. The minimum atomic E-state index is 0.532. The zero-order chi connectivity index (χ0) is 11.8. The van der Waals surface area contributed by atoms with Crippen LogP contribution >= 0.6 is 0 Å². The van der Waals surface area contributed by atoms with Crippen molar-refractivity contribution in [2.24, 2.45) is 5.92 Å². The molecule has 0 aromatic rings. The molecular formula is C14H29NO. The van der Waals surface area contributed by atoms with Gasteiger partial charge in [-0.25, -0.2) is 0 Å². The van der Waals surface area contributed by atoms with Gasteiger partial charge in [-0.2, -0.15) is 0 Å². The predicted molar refractivity (Wildman–Crippen MR) is 69.7 cm³/mol. The number of methoxy groups -OCH3 is 1. The summed E-state index contributed by atoms with van der Waals surface area (Å²) in [4.78, 5) is 0. The highest BCUT2D eigenvalue weighted by molar-refractivity contribution is 4.82. The van der Waals surface area contributed by atoms with Gasteiger partial charge in [-0.05, 0) is 51.0 Å². The van der Waals surface area contributed by atoms with Crippen LogP contribution in [0.4, 0.5) is 0 Å². The standard InChI is InChI=1S/C14H29NO/c1-4-6-14(15-11-5-2)12-7-9-13(16-3)10-8-12/h12-15H,4-11H2,1-3H3. The van der Waals surface area contributed by atoms with Crippen LogP contribution in [0.1, 0.15) is 58.8 Å². The van der Waals surface area contributed by atoms with Gasteiger partial charge in [-0.1, -0.05) is 20.3 Å². The lowest BCUT2D eigenvalue weighted by atomic mass is 9.81. The highest BCUT2D eigenvalue weighted by Gasteiger charge is 2.26. The van der Waals surface area contributed by atoms with Crippen LogP contribution in [0.25, 0.3) is 0 Å². The molecule has 1 N–H and O–H groups in total. The maximum Gasteiger partial charge on any atom is 0.0571 e. The third kappa shape index (κ3) is 4.42. The topological polar surface area (TPSA) is 21.3 Å². The monoisotopic (exact) mass is 227 g/mol. The molecular weight excluding hydrogens is 198 g/mol. The van der Waals surface area contributed by atoms with Crippen LogP contribution in [-0.2, 0) is 4.74 Å². The normalized spacial score (nSPS) is 27.9. The quantitative estimate of drug-likeness (QED) is 0.720. The molecule has 1 unspecified atom stereocenters. The molecule has 0 radical (unpaired) electrons. The van der Waals surface area contributed by atoms with E-state index in [2.05, 4.69) is 19.2 Å². The Morgan fingerprint density at radius 2 is 1.81 bits per heavy atom. The van der Waals surface area contributed by atoms with Gasteiger partial charge in [0.05, 0.1) is 6.10 Å². The van der Waals surface area contributed by atoms with Crippen molar-refractivity contribution in [2.75, 3.05) is 13.7 Å². The summed E-state index contributed by atoms with van der Waals surface area (Å²) in [5.74, 6) is 0.887. The second kappa shape index (κ2) is 8.08. The van der Waals surface area contributed by atoms with Crippen LogP contribution in [-0.4, -0.2) is 25.8 Å². The summed E-state index contributed by atoms with van der Waals surface area (Å²) in [6.45, 7) is 5.72. The molecule has 1 atom stereocenters. The minimum absolute atomic E-state index is 0.532. The van der Waals surface area contributed by atoms with Crippen molar-refractivity contribution < 1.29 is 4.74 Å². The summed E-state index contributed by atoms with van der Waals surface area (Å²) in [6, 6.07) is 0.753. The third-order valence-electron chi connectivity index (χ3n) is 3.88. The van der Waals surface area contributed by atoms with E-state index >= 15 is 0 Å². The Morgan fingerprint density at radius 1 is 1.12 bits per heavy atom. The molecule has 2 nitrogen and oxygen atoms in total. The molecule has 0 bridgehead atoms. The van der Waals surface area contributed by atoms with Gasteiger partial charge in [0.1, 0.15) is 0 Å². The van der Waals surface area contributed by atoms with E-state index in [-0.39, 0.29) is 0 Å². The van der Waals surface area contributed by atoms with Crippen LogP contribution in [0.3, 0.4) is 0 Å². The second-order valence-corrected chi connectivity index (χ2v) is 5.12. The molecule has 1 aliphatic carbocycles. The summed E-state index contributed by atoms with van der Waals surface area (Å²) in [5.41, 5.74) is 0. The van der Waals surface area contributed by atoms with Crippen LogP contribution in [0.2, 0.25) is 0 Å². The zero-order valence-electron chi connectivity index (χ0n) is 11.3. The average molecular weight is 227 g/mol. The molecule has 1 rings (SSSR count). The van der Waals surface area contributed by atoms with Crippen molar-refractivity contribution >= 4 is 0 Å². The fraction of sp³-hybridized carbons (Fsp3) is 1.00. The molecule has 0 amide bonds. The van der Waals surface area contributed by atoms with Crippen LogP contribution in [0.5, 0.6) is 0 Å². The first kappa shape index (κ1) is 14.0. The van der Waals surface area contributed by atoms with Crippen molar-refractivity contribution in [3.8, 4) is 0 Å². The predicted octanol–water partition coefficient (Wildman–Crippen LogP) is 3.36. The van der Waals surface area contributed by atoms with E-state index in [0.29, 0.717) is 6.10 Å². The molecule has 1 aliphatic rings. The molecule has 0 aliphatic heterocycles. The van der Waals surface area contributed by atoms with Crippen molar-refractivity contribution in [1.82, 2.24) is 5.32 Å². The third-order valence-corrected chi connectivity index (χ3v) is 3.88. The molecule has 0 aromatic carbocycles. The number of ether oxygens (including phenoxy) is 1. The molecule has 0 saturated heterocycles. The van der Waals surface area contributed by atoms with Crippen molar-refractivity contribution in [3.63, 3.8) is 0 Å². The van der Waals surface area contributed by atoms with E-state index in [1.165, 1.54) is 51.5 Å². The van der Waals surface area contributed by atoms with E-state index < -0.39 is 0 Å². The van der Waals surface area contributed by atoms with Crippen molar-refractivity contribution in [3.05, 3.63) is 0 Å². The van der Waals surface area contributed by atoms with Gasteiger partial charge in [0, 0.05) is 13.2 Å². The number of nitrogens with one attached hydrogen (secondary N) is 1. The maximum absolute atomic E-state index is 5.44. The SMILES string of the molecule is CCCNC(CCC)C1CCC(OC)CC1. The van der Waals surface area contributed by atoms with E-state index in [1.54, 1.807) is 0 Å². The first-order valence-corrected chi connectivity index (χ1v) is 7.07. The van der Waals surface area contributed by atoms with Crippen LogP contribution < -0.4 is 5.32 Å². The molecule has 0 aromatic heterocycles. The van der Waals surface area contributed by atoms with E-state index in [0.717, 1.165) is 12.0 Å². The Hall–Kier alpha value is -0.0800. The Labute approximate surface area is 101 Å². The van der Waals surface area contributed by atoms with Gasteiger partial charge in [0.15, 0.2) is 0 Å². The summed E-state index contributed by atoms with van der Waals surface area (Å²) in [5, 5.41) is 3.73. The Balaban J connectivity index is 2.33. The van der Waals surface area contributed by atoms with Crippen molar-refractivity contribution in [2.45, 2.75) is 70.9 Å². The average Bonchev–Trinajstić information content (AvgIpc) is 2.35. The minimum Gasteiger partial charge on any atom is -0.381 e. The molecule has 16 heavy (non-hydrogen) atoms. The summed E-state index contributed by atoms with van der Waals surface area (Å²) < 4.78 is 5.44. The fourth-order valence-corrected chi connectivity index (χ4v) is 2.87. The molecule has 0 heterocycles. The highest BCUT2D eigenvalue weighted by Crippen LogP contribution is 2.29. The fourth-order valence-electron chi connectivity index (χ4n) is 2.87. The Bertz CT molecular complexity index is 164. The van der Waals surface area contributed by atoms with Crippen LogP contribution in [0.15, 0.2) is 0 Å². The summed E-state index contributed by atoms with van der Waals surface area (Å²) in [7, 11) is 1.85. The van der Waals surface area contributed by atoms with Crippen molar-refractivity contribution in [1.29, 1.82) is 0 Å². The smallest absolute Gasteiger partial charge is 0.0571 e. The lowest BCUT2D eigenvalue weighted by molar-refractivity contribution is 0.0496. The van der Waals surface area contributed by atoms with Gasteiger partial charge in [-0.3, -0.25) is 0 Å².